The number of nitrogens with one attached hydrogen (secondary N) is 1. The lowest BCUT2D eigenvalue weighted by atomic mass is 9.97. The summed E-state index contributed by atoms with van der Waals surface area (Å²) in [7, 11) is 0. The third-order valence-corrected chi connectivity index (χ3v) is 5.66. The van der Waals surface area contributed by atoms with Crippen LogP contribution < -0.4 is 5.32 Å². The van der Waals surface area contributed by atoms with Gasteiger partial charge >= 0.3 is 12.4 Å². The molecule has 0 aliphatic heterocycles. The molecule has 174 valence electrons. The van der Waals surface area contributed by atoms with Gasteiger partial charge in [-0.25, -0.2) is 0 Å². The number of rotatable bonds is 6. The van der Waals surface area contributed by atoms with Crippen LogP contribution in [0.1, 0.15) is 29.0 Å². The van der Waals surface area contributed by atoms with E-state index in [1.165, 1.54) is 24.3 Å². The molecule has 1 atom stereocenters. The molecule has 2 nitrogen and oxygen atoms in total. The second-order valence-electron chi connectivity index (χ2n) is 6.60. The van der Waals surface area contributed by atoms with E-state index in [0.29, 0.717) is 11.1 Å². The average molecular weight is 539 g/mol. The van der Waals surface area contributed by atoms with Gasteiger partial charge in [-0.05, 0) is 34.9 Å². The Morgan fingerprint density at radius 2 is 1.53 bits per heavy atom. The van der Waals surface area contributed by atoms with E-state index >= 15 is 0 Å². The molecule has 2 rings (SSSR count). The second kappa shape index (κ2) is 10.5. The highest BCUT2D eigenvalue weighted by Crippen LogP contribution is 2.41. The number of carbonyl (C=O) groups is 1. The third-order valence-electron chi connectivity index (χ3n) is 4.11. The number of allylic oxidation sites excluding steroid dienone is 1. The van der Waals surface area contributed by atoms with Crippen molar-refractivity contribution in [1.82, 2.24) is 5.32 Å². The summed E-state index contributed by atoms with van der Waals surface area (Å²) in [4.78, 5) is 11.3. The van der Waals surface area contributed by atoms with E-state index in [1.54, 1.807) is 0 Å². The molecule has 2 aromatic rings. The molecule has 0 spiro atoms. The van der Waals surface area contributed by atoms with Crippen molar-refractivity contribution in [2.45, 2.75) is 31.2 Å². The van der Waals surface area contributed by atoms with Gasteiger partial charge in [-0.2, -0.15) is 26.3 Å². The van der Waals surface area contributed by atoms with Crippen molar-refractivity contribution in [2.24, 2.45) is 0 Å². The molecule has 0 bridgehead atoms. The molecule has 1 amide bonds. The number of hydrogen-bond donors (Lipinski definition) is 1. The van der Waals surface area contributed by atoms with Crippen molar-refractivity contribution in [2.75, 3.05) is 0 Å². The van der Waals surface area contributed by atoms with Gasteiger partial charge in [0.1, 0.15) is 6.42 Å². The molecule has 0 radical (unpaired) electrons. The Bertz CT molecular complexity index is 997. The maximum absolute atomic E-state index is 13.6. The summed E-state index contributed by atoms with van der Waals surface area (Å²) in [6, 6.07) is 6.24. The standard InChI is InChI=1S/C20H13Cl4F6NO/c21-14-5-10(1-3-11(14)9-31-17(32)8-19(25,26)27)2-4-13(20(28,29)30)12-6-15(22)18(24)16(23)7-12/h1-7,13H,8-9H2,(H,31,32)/b4-2+. The van der Waals surface area contributed by atoms with Gasteiger partial charge in [0.15, 0.2) is 0 Å². The van der Waals surface area contributed by atoms with Gasteiger partial charge in [-0.1, -0.05) is 70.7 Å². The van der Waals surface area contributed by atoms with Gasteiger partial charge in [0.25, 0.3) is 0 Å². The van der Waals surface area contributed by atoms with Crippen LogP contribution in [-0.2, 0) is 11.3 Å². The lowest BCUT2D eigenvalue weighted by Gasteiger charge is -2.18. The number of alkyl halides is 6. The lowest BCUT2D eigenvalue weighted by molar-refractivity contribution is -0.153. The molecule has 32 heavy (non-hydrogen) atoms. The highest BCUT2D eigenvalue weighted by Gasteiger charge is 2.39. The van der Waals surface area contributed by atoms with E-state index < -0.39 is 30.6 Å². The first kappa shape index (κ1) is 26.6. The van der Waals surface area contributed by atoms with Crippen LogP contribution in [0.15, 0.2) is 36.4 Å². The lowest BCUT2D eigenvalue weighted by Crippen LogP contribution is -2.28. The molecule has 1 unspecified atom stereocenters. The monoisotopic (exact) mass is 537 g/mol. The SMILES string of the molecule is O=C(CC(F)(F)F)NCc1ccc(/C=C/C(c2cc(Cl)c(Cl)c(Cl)c2)C(F)(F)F)cc1Cl. The highest BCUT2D eigenvalue weighted by atomic mass is 35.5. The molecule has 0 aromatic heterocycles. The Morgan fingerprint density at radius 1 is 0.938 bits per heavy atom. The number of carbonyl (C=O) groups excluding carboxylic acids is 1. The van der Waals surface area contributed by atoms with E-state index in [2.05, 4.69) is 5.32 Å². The number of benzene rings is 2. The van der Waals surface area contributed by atoms with Crippen molar-refractivity contribution in [3.8, 4) is 0 Å². The van der Waals surface area contributed by atoms with E-state index in [9.17, 15) is 31.1 Å². The van der Waals surface area contributed by atoms with Crippen LogP contribution in [0.3, 0.4) is 0 Å². The molecule has 0 saturated heterocycles. The van der Waals surface area contributed by atoms with Gasteiger partial charge in [0.05, 0.1) is 21.0 Å². The Balaban J connectivity index is 2.20. The summed E-state index contributed by atoms with van der Waals surface area (Å²) in [6.45, 7) is -0.273. The van der Waals surface area contributed by atoms with Crippen molar-refractivity contribution in [3.05, 3.63) is 73.2 Å². The Labute approximate surface area is 199 Å². The normalized spacial score (nSPS) is 13.4. The molecule has 0 aliphatic rings. The van der Waals surface area contributed by atoms with Crippen LogP contribution in [0.25, 0.3) is 6.08 Å². The molecule has 0 saturated carbocycles. The summed E-state index contributed by atoms with van der Waals surface area (Å²) < 4.78 is 77.3. The van der Waals surface area contributed by atoms with E-state index in [1.807, 2.05) is 0 Å². The zero-order valence-corrected chi connectivity index (χ0v) is 18.7. The van der Waals surface area contributed by atoms with Gasteiger partial charge in [0.2, 0.25) is 5.91 Å². The topological polar surface area (TPSA) is 29.1 Å². The van der Waals surface area contributed by atoms with Crippen molar-refractivity contribution < 1.29 is 31.1 Å². The fourth-order valence-corrected chi connectivity index (χ4v) is 3.49. The first-order chi connectivity index (χ1) is 14.7. The zero-order valence-electron chi connectivity index (χ0n) is 15.7. The smallest absolute Gasteiger partial charge is 0.352 e. The summed E-state index contributed by atoms with van der Waals surface area (Å²) >= 11 is 23.5. The van der Waals surface area contributed by atoms with Crippen LogP contribution >= 0.6 is 46.4 Å². The minimum absolute atomic E-state index is 0.0561. The summed E-state index contributed by atoms with van der Waals surface area (Å²) in [5.74, 6) is -3.28. The van der Waals surface area contributed by atoms with Gasteiger partial charge in [-0.15, -0.1) is 0 Å². The maximum Gasteiger partial charge on any atom is 0.399 e. The minimum atomic E-state index is -4.66. The highest BCUT2D eigenvalue weighted by molar-refractivity contribution is 6.48. The van der Waals surface area contributed by atoms with Crippen molar-refractivity contribution in [1.29, 1.82) is 0 Å². The zero-order chi connectivity index (χ0) is 24.3. The Kier molecular flexibility index (Phi) is 8.78. The van der Waals surface area contributed by atoms with E-state index in [-0.39, 0.29) is 32.2 Å². The number of hydrogen-bond acceptors (Lipinski definition) is 1. The first-order valence-electron chi connectivity index (χ1n) is 8.68. The van der Waals surface area contributed by atoms with E-state index in [4.69, 9.17) is 46.4 Å². The average Bonchev–Trinajstić information content (AvgIpc) is 2.63. The van der Waals surface area contributed by atoms with Crippen LogP contribution in [0, 0.1) is 0 Å². The summed E-state index contributed by atoms with van der Waals surface area (Å²) in [5, 5.41) is 1.81. The molecular weight excluding hydrogens is 526 g/mol. The Hall–Kier alpha value is -1.61. The molecule has 0 aliphatic carbocycles. The quantitative estimate of drug-likeness (QED) is 0.291. The van der Waals surface area contributed by atoms with Gasteiger partial charge in [0, 0.05) is 11.6 Å². The van der Waals surface area contributed by atoms with Gasteiger partial charge < -0.3 is 5.32 Å². The predicted molar refractivity (Wildman–Crippen MR) is 113 cm³/mol. The molecule has 1 N–H and O–H groups in total. The third kappa shape index (κ3) is 7.76. The van der Waals surface area contributed by atoms with Crippen molar-refractivity contribution >= 4 is 58.4 Å². The second-order valence-corrected chi connectivity index (χ2v) is 8.20. The molecule has 0 heterocycles. The number of halogens is 10. The Morgan fingerprint density at radius 3 is 2.03 bits per heavy atom. The molecule has 0 fully saturated rings. The van der Waals surface area contributed by atoms with Crippen LogP contribution in [-0.4, -0.2) is 18.3 Å². The van der Waals surface area contributed by atoms with Crippen molar-refractivity contribution in [3.63, 3.8) is 0 Å². The van der Waals surface area contributed by atoms with Crippen LogP contribution in [0.5, 0.6) is 0 Å². The fourth-order valence-electron chi connectivity index (χ4n) is 2.62. The van der Waals surface area contributed by atoms with Gasteiger partial charge in [-0.3, -0.25) is 4.79 Å². The molecular formula is C20H13Cl4F6NO. The first-order valence-corrected chi connectivity index (χ1v) is 10.2. The minimum Gasteiger partial charge on any atom is -0.352 e. The molecule has 12 heteroatoms. The predicted octanol–water partition coefficient (Wildman–Crippen LogP) is 8.23. The number of amides is 1. The van der Waals surface area contributed by atoms with Crippen LogP contribution in [0.4, 0.5) is 26.3 Å². The summed E-state index contributed by atoms with van der Waals surface area (Å²) in [5.41, 5.74) is 0.368. The van der Waals surface area contributed by atoms with E-state index in [0.717, 1.165) is 18.2 Å². The largest absolute Gasteiger partial charge is 0.399 e. The van der Waals surface area contributed by atoms with Crippen LogP contribution in [0.2, 0.25) is 20.1 Å². The fraction of sp³-hybridized carbons (Fsp3) is 0.250. The maximum atomic E-state index is 13.6. The molecule has 2 aromatic carbocycles. The summed E-state index contributed by atoms with van der Waals surface area (Å²) in [6.07, 6.45) is -8.89.